The van der Waals surface area contributed by atoms with Gasteiger partial charge in [-0.1, -0.05) is 12.1 Å². The zero-order chi connectivity index (χ0) is 19.1. The molecule has 2 aromatic carbocycles. The van der Waals surface area contributed by atoms with Gasteiger partial charge >= 0.3 is 0 Å². The van der Waals surface area contributed by atoms with Crippen LogP contribution in [0.4, 0.5) is 14.5 Å². The molecule has 27 heavy (non-hydrogen) atoms. The van der Waals surface area contributed by atoms with E-state index >= 15 is 0 Å². The normalized spacial score (nSPS) is 10.6. The molecule has 1 aromatic heterocycles. The second kappa shape index (κ2) is 8.93. The van der Waals surface area contributed by atoms with Crippen molar-refractivity contribution in [1.82, 2.24) is 9.55 Å². The number of aromatic nitrogens is 2. The number of rotatable bonds is 8. The first kappa shape index (κ1) is 18.6. The Hall–Kier alpha value is -3.22. The van der Waals surface area contributed by atoms with Gasteiger partial charge in [-0.05, 0) is 42.3 Å². The van der Waals surface area contributed by atoms with Crippen molar-refractivity contribution in [2.45, 2.75) is 19.4 Å². The Labute approximate surface area is 155 Å². The quantitative estimate of drug-likeness (QED) is 0.655. The van der Waals surface area contributed by atoms with Crippen LogP contribution >= 0.6 is 0 Å². The summed E-state index contributed by atoms with van der Waals surface area (Å²) in [7, 11) is 0. The Kier molecular flexibility index (Phi) is 6.14. The Bertz CT molecular complexity index is 898. The highest BCUT2D eigenvalue weighted by Crippen LogP contribution is 2.24. The van der Waals surface area contributed by atoms with Crippen molar-refractivity contribution in [3.05, 3.63) is 78.4 Å². The number of halogens is 2. The van der Waals surface area contributed by atoms with Crippen molar-refractivity contribution in [3.63, 3.8) is 0 Å². The maximum absolute atomic E-state index is 13.6. The fourth-order valence-corrected chi connectivity index (χ4v) is 2.57. The van der Waals surface area contributed by atoms with Crippen LogP contribution in [0.1, 0.15) is 12.0 Å². The van der Waals surface area contributed by atoms with Gasteiger partial charge in [0.2, 0.25) is 5.91 Å². The molecule has 1 N–H and O–H groups in total. The summed E-state index contributed by atoms with van der Waals surface area (Å²) in [5, 5.41) is 2.76. The van der Waals surface area contributed by atoms with Gasteiger partial charge in [0.15, 0.2) is 0 Å². The van der Waals surface area contributed by atoms with Gasteiger partial charge in [0, 0.05) is 18.8 Å². The lowest BCUT2D eigenvalue weighted by atomic mass is 10.1. The Balaban J connectivity index is 1.55. The first-order valence-corrected chi connectivity index (χ1v) is 8.53. The van der Waals surface area contributed by atoms with Crippen LogP contribution in [0.3, 0.4) is 0 Å². The number of amides is 1. The van der Waals surface area contributed by atoms with Gasteiger partial charge in [-0.25, -0.2) is 13.8 Å². The molecule has 0 aliphatic carbocycles. The number of benzene rings is 2. The van der Waals surface area contributed by atoms with Gasteiger partial charge < -0.3 is 14.6 Å². The molecule has 7 heteroatoms. The molecule has 3 rings (SSSR count). The van der Waals surface area contributed by atoms with E-state index in [1.165, 1.54) is 0 Å². The van der Waals surface area contributed by atoms with Crippen molar-refractivity contribution in [3.8, 4) is 5.75 Å². The van der Waals surface area contributed by atoms with Crippen molar-refractivity contribution in [2.75, 3.05) is 11.9 Å². The first-order chi connectivity index (χ1) is 13.1. The van der Waals surface area contributed by atoms with Gasteiger partial charge in [-0.3, -0.25) is 4.79 Å². The molecule has 0 atom stereocenters. The molecule has 0 saturated heterocycles. The van der Waals surface area contributed by atoms with Crippen molar-refractivity contribution >= 4 is 11.6 Å². The molecule has 140 valence electrons. The summed E-state index contributed by atoms with van der Waals surface area (Å²) < 4.78 is 34.5. The highest BCUT2D eigenvalue weighted by atomic mass is 19.1. The van der Waals surface area contributed by atoms with E-state index in [0.29, 0.717) is 24.6 Å². The lowest BCUT2D eigenvalue weighted by molar-refractivity contribution is -0.116. The minimum Gasteiger partial charge on any atom is -0.490 e. The first-order valence-electron chi connectivity index (χ1n) is 8.53. The number of nitrogens with one attached hydrogen (secondary N) is 1. The van der Waals surface area contributed by atoms with Crippen LogP contribution in [0.2, 0.25) is 0 Å². The molecular weight excluding hydrogens is 352 g/mol. The molecule has 0 bridgehead atoms. The molecule has 0 fully saturated rings. The molecule has 0 aliphatic rings. The summed E-state index contributed by atoms with van der Waals surface area (Å²) in [5.74, 6) is -0.803. The number of carbonyl (C=O) groups is 1. The van der Waals surface area contributed by atoms with Crippen LogP contribution in [-0.4, -0.2) is 22.1 Å². The number of hydrogen-bond donors (Lipinski definition) is 1. The number of nitrogens with zero attached hydrogens (tertiary/aromatic N) is 2. The summed E-state index contributed by atoms with van der Waals surface area (Å²) in [6, 6.07) is 10.3. The van der Waals surface area contributed by atoms with E-state index in [0.717, 1.165) is 18.2 Å². The highest BCUT2D eigenvalue weighted by Gasteiger charge is 2.10. The number of anilines is 1. The third kappa shape index (κ3) is 5.37. The van der Waals surface area contributed by atoms with Crippen LogP contribution in [0.15, 0.2) is 61.2 Å². The summed E-state index contributed by atoms with van der Waals surface area (Å²) in [6.07, 6.45) is 5.36. The number of carbonyl (C=O) groups excluding carboxylic acids is 1. The fraction of sp³-hybridized carbons (Fsp3) is 0.200. The largest absolute Gasteiger partial charge is 0.490 e. The standard InChI is InChI=1S/C20H19F2N3O2/c21-16-6-7-17(22)15(13-16)5-8-20(26)24-18-3-1-2-4-19(18)27-12-11-25-10-9-23-14-25/h1-4,6-7,9-10,13-14H,5,8,11-12H2,(H,24,26). The number of aryl methyl sites for hydroxylation is 1. The molecule has 0 radical (unpaired) electrons. The highest BCUT2D eigenvalue weighted by molar-refractivity contribution is 5.92. The minimum atomic E-state index is -0.525. The molecular formula is C20H19F2N3O2. The Morgan fingerprint density at radius 2 is 2.04 bits per heavy atom. The molecule has 3 aromatic rings. The zero-order valence-electron chi connectivity index (χ0n) is 14.6. The smallest absolute Gasteiger partial charge is 0.224 e. The molecule has 5 nitrogen and oxygen atoms in total. The predicted octanol–water partition coefficient (Wildman–Crippen LogP) is 3.81. The summed E-state index contributed by atoms with van der Waals surface area (Å²) in [6.45, 7) is 1.04. The topological polar surface area (TPSA) is 56.1 Å². The molecule has 0 spiro atoms. The zero-order valence-corrected chi connectivity index (χ0v) is 14.6. The average molecular weight is 371 g/mol. The second-order valence-electron chi connectivity index (χ2n) is 5.93. The average Bonchev–Trinajstić information content (AvgIpc) is 3.17. The summed E-state index contributed by atoms with van der Waals surface area (Å²) >= 11 is 0. The van der Waals surface area contributed by atoms with E-state index in [1.807, 2.05) is 16.8 Å². The number of ether oxygens (including phenoxy) is 1. The number of imidazole rings is 1. The monoisotopic (exact) mass is 371 g/mol. The fourth-order valence-electron chi connectivity index (χ4n) is 2.57. The van der Waals surface area contributed by atoms with E-state index < -0.39 is 11.6 Å². The molecule has 1 heterocycles. The van der Waals surface area contributed by atoms with E-state index in [-0.39, 0.29) is 24.3 Å². The van der Waals surface area contributed by atoms with E-state index in [2.05, 4.69) is 10.3 Å². The molecule has 0 saturated carbocycles. The van der Waals surface area contributed by atoms with Gasteiger partial charge in [-0.15, -0.1) is 0 Å². The van der Waals surface area contributed by atoms with Crippen molar-refractivity contribution in [1.29, 1.82) is 0 Å². The van der Waals surface area contributed by atoms with Gasteiger partial charge in [0.25, 0.3) is 0 Å². The van der Waals surface area contributed by atoms with E-state index in [4.69, 9.17) is 4.74 Å². The number of hydrogen-bond acceptors (Lipinski definition) is 3. The van der Waals surface area contributed by atoms with Gasteiger partial charge in [0.1, 0.15) is 24.0 Å². The maximum Gasteiger partial charge on any atom is 0.224 e. The van der Waals surface area contributed by atoms with Crippen LogP contribution in [0.25, 0.3) is 0 Å². The maximum atomic E-state index is 13.6. The van der Waals surface area contributed by atoms with Crippen LogP contribution in [0.5, 0.6) is 5.75 Å². The second-order valence-corrected chi connectivity index (χ2v) is 5.93. The van der Waals surface area contributed by atoms with E-state index in [9.17, 15) is 13.6 Å². The predicted molar refractivity (Wildman–Crippen MR) is 97.5 cm³/mol. The van der Waals surface area contributed by atoms with Gasteiger partial charge in [0.05, 0.1) is 18.6 Å². The van der Waals surface area contributed by atoms with Crippen molar-refractivity contribution in [2.24, 2.45) is 0 Å². The lowest BCUT2D eigenvalue weighted by Gasteiger charge is -2.13. The summed E-state index contributed by atoms with van der Waals surface area (Å²) in [5.41, 5.74) is 0.711. The summed E-state index contributed by atoms with van der Waals surface area (Å²) in [4.78, 5) is 16.2. The molecule has 0 unspecified atom stereocenters. The number of para-hydroxylation sites is 2. The van der Waals surface area contributed by atoms with E-state index in [1.54, 1.807) is 30.7 Å². The Morgan fingerprint density at radius 3 is 2.85 bits per heavy atom. The van der Waals surface area contributed by atoms with Crippen molar-refractivity contribution < 1.29 is 18.3 Å². The van der Waals surface area contributed by atoms with Gasteiger partial charge in [-0.2, -0.15) is 0 Å². The third-order valence-electron chi connectivity index (χ3n) is 3.96. The molecule has 1 amide bonds. The third-order valence-corrected chi connectivity index (χ3v) is 3.96. The SMILES string of the molecule is O=C(CCc1cc(F)ccc1F)Nc1ccccc1OCCn1ccnc1. The lowest BCUT2D eigenvalue weighted by Crippen LogP contribution is -2.14. The van der Waals surface area contributed by atoms with Crippen LogP contribution in [-0.2, 0) is 17.8 Å². The van der Waals surface area contributed by atoms with Crippen LogP contribution < -0.4 is 10.1 Å². The molecule has 0 aliphatic heterocycles. The van der Waals surface area contributed by atoms with Crippen LogP contribution in [0, 0.1) is 11.6 Å². The minimum absolute atomic E-state index is 0.0315. The Morgan fingerprint density at radius 1 is 1.19 bits per heavy atom.